The number of fused-ring (bicyclic) bond motifs is 1. The average molecular weight is 395 g/mol. The molecule has 0 aliphatic carbocycles. The Balaban J connectivity index is 1.54. The average Bonchev–Trinajstić information content (AvgIpc) is 3.21. The molecule has 1 aromatic heterocycles. The minimum atomic E-state index is -0.278. The Hall–Kier alpha value is -2.80. The van der Waals surface area contributed by atoms with Gasteiger partial charge in [0.2, 0.25) is 5.91 Å². The number of hydrogen-bond acceptors (Lipinski definition) is 5. The molecular weight excluding hydrogens is 372 g/mol. The zero-order valence-electron chi connectivity index (χ0n) is 15.9. The third kappa shape index (κ3) is 3.62. The number of carbonyl (C=O) groups is 1. The predicted molar refractivity (Wildman–Crippen MR) is 110 cm³/mol. The lowest BCUT2D eigenvalue weighted by Gasteiger charge is -2.31. The van der Waals surface area contributed by atoms with Gasteiger partial charge in [-0.1, -0.05) is 36.0 Å². The first kappa shape index (κ1) is 18.6. The van der Waals surface area contributed by atoms with Gasteiger partial charge in [-0.3, -0.25) is 9.36 Å². The molecule has 3 aromatic rings. The second-order valence-corrected chi connectivity index (χ2v) is 7.98. The number of carbonyl (C=O) groups excluding carboxylic acids is 1. The minimum absolute atomic E-state index is 0.0948. The van der Waals surface area contributed by atoms with Gasteiger partial charge >= 0.3 is 0 Å². The number of thioether (sulfide) groups is 1. The number of rotatable bonds is 5. The highest BCUT2D eigenvalue weighted by Crippen LogP contribution is 2.31. The number of methoxy groups -OCH3 is 1. The van der Waals surface area contributed by atoms with Crippen molar-refractivity contribution in [2.45, 2.75) is 30.2 Å². The summed E-state index contributed by atoms with van der Waals surface area (Å²) in [7, 11) is 1.64. The largest absolute Gasteiger partial charge is 0.497 e. The first-order chi connectivity index (χ1) is 13.7. The number of aryl methyl sites for hydroxylation is 1. The highest BCUT2D eigenvalue weighted by molar-refractivity contribution is 8.00. The number of hydrogen-bond donors (Lipinski definition) is 0. The molecular formula is C21H22N4O2S. The molecule has 0 saturated heterocycles. The topological polar surface area (TPSA) is 60.2 Å². The number of amides is 1. The highest BCUT2D eigenvalue weighted by atomic mass is 32.2. The summed E-state index contributed by atoms with van der Waals surface area (Å²) in [5, 5.41) is 8.67. The standard InChI is InChI=1S/C21H22N4O2S/c1-15(20(26)24-12-6-8-16-7-3-4-11-19(16)24)28-21-23-22-14-25(21)17-9-5-10-18(13-17)27-2/h3-5,7,9-11,13-15H,6,8,12H2,1-2H3. The fraction of sp³-hybridized carbons (Fsp3) is 0.286. The van der Waals surface area contributed by atoms with Crippen molar-refractivity contribution in [1.82, 2.24) is 14.8 Å². The van der Waals surface area contributed by atoms with Crippen molar-refractivity contribution < 1.29 is 9.53 Å². The van der Waals surface area contributed by atoms with Crippen molar-refractivity contribution in [2.24, 2.45) is 0 Å². The Morgan fingerprint density at radius 3 is 2.93 bits per heavy atom. The fourth-order valence-corrected chi connectivity index (χ4v) is 4.34. The van der Waals surface area contributed by atoms with Crippen LogP contribution in [0.3, 0.4) is 0 Å². The van der Waals surface area contributed by atoms with Gasteiger partial charge in [0, 0.05) is 18.3 Å². The van der Waals surface area contributed by atoms with Crippen molar-refractivity contribution >= 4 is 23.4 Å². The maximum absolute atomic E-state index is 13.2. The first-order valence-electron chi connectivity index (χ1n) is 9.28. The second kappa shape index (κ2) is 8.06. The lowest BCUT2D eigenvalue weighted by Crippen LogP contribution is -2.40. The predicted octanol–water partition coefficient (Wildman–Crippen LogP) is 3.74. The maximum Gasteiger partial charge on any atom is 0.240 e. The van der Waals surface area contributed by atoms with Gasteiger partial charge in [-0.2, -0.15) is 0 Å². The van der Waals surface area contributed by atoms with Crippen molar-refractivity contribution in [3.8, 4) is 11.4 Å². The summed E-state index contributed by atoms with van der Waals surface area (Å²) in [5.41, 5.74) is 3.16. The molecule has 4 rings (SSSR count). The van der Waals surface area contributed by atoms with Crippen LogP contribution in [0.25, 0.3) is 5.69 Å². The Morgan fingerprint density at radius 1 is 1.21 bits per heavy atom. The van der Waals surface area contributed by atoms with Gasteiger partial charge in [0.25, 0.3) is 0 Å². The second-order valence-electron chi connectivity index (χ2n) is 6.67. The van der Waals surface area contributed by atoms with Crippen molar-refractivity contribution in [3.63, 3.8) is 0 Å². The van der Waals surface area contributed by atoms with Crippen molar-refractivity contribution in [3.05, 3.63) is 60.4 Å². The smallest absolute Gasteiger partial charge is 0.240 e. The molecule has 1 amide bonds. The molecule has 7 heteroatoms. The van der Waals surface area contributed by atoms with Gasteiger partial charge in [-0.25, -0.2) is 0 Å². The number of aromatic nitrogens is 3. The van der Waals surface area contributed by atoms with Crippen molar-refractivity contribution in [1.29, 1.82) is 0 Å². The molecule has 1 unspecified atom stereocenters. The summed E-state index contributed by atoms with van der Waals surface area (Å²) < 4.78 is 7.18. The van der Waals surface area contributed by atoms with Crippen LogP contribution in [0.1, 0.15) is 18.9 Å². The first-order valence-corrected chi connectivity index (χ1v) is 10.2. The minimum Gasteiger partial charge on any atom is -0.497 e. The molecule has 28 heavy (non-hydrogen) atoms. The summed E-state index contributed by atoms with van der Waals surface area (Å²) in [4.78, 5) is 15.1. The molecule has 0 radical (unpaired) electrons. The van der Waals surface area contributed by atoms with E-state index in [0.29, 0.717) is 5.16 Å². The summed E-state index contributed by atoms with van der Waals surface area (Å²) >= 11 is 1.42. The van der Waals surface area contributed by atoms with Crippen LogP contribution >= 0.6 is 11.8 Å². The maximum atomic E-state index is 13.2. The fourth-order valence-electron chi connectivity index (χ4n) is 3.43. The monoisotopic (exact) mass is 394 g/mol. The number of para-hydroxylation sites is 1. The molecule has 1 aliphatic heterocycles. The van der Waals surface area contributed by atoms with E-state index in [0.717, 1.165) is 36.5 Å². The molecule has 0 bridgehead atoms. The van der Waals surface area contributed by atoms with E-state index in [1.165, 1.54) is 17.3 Å². The number of nitrogens with zero attached hydrogens (tertiary/aromatic N) is 4. The van der Waals surface area contributed by atoms with Gasteiger partial charge in [0.1, 0.15) is 12.1 Å². The van der Waals surface area contributed by atoms with Crippen LogP contribution in [-0.2, 0) is 11.2 Å². The van der Waals surface area contributed by atoms with Gasteiger partial charge < -0.3 is 9.64 Å². The lowest BCUT2D eigenvalue weighted by atomic mass is 10.0. The number of anilines is 1. The Labute approximate surface area is 168 Å². The third-order valence-electron chi connectivity index (χ3n) is 4.85. The Morgan fingerprint density at radius 2 is 2.07 bits per heavy atom. The third-order valence-corrected chi connectivity index (χ3v) is 5.90. The van der Waals surface area contributed by atoms with E-state index >= 15 is 0 Å². The van der Waals surface area contributed by atoms with Crippen LogP contribution < -0.4 is 9.64 Å². The summed E-state index contributed by atoms with van der Waals surface area (Å²) in [6.07, 6.45) is 3.66. The summed E-state index contributed by atoms with van der Waals surface area (Å²) in [6.45, 7) is 2.68. The van der Waals surface area contributed by atoms with E-state index in [1.54, 1.807) is 13.4 Å². The highest BCUT2D eigenvalue weighted by Gasteiger charge is 2.27. The Bertz CT molecular complexity index is 988. The Kier molecular flexibility index (Phi) is 5.34. The number of ether oxygens (including phenoxy) is 1. The van der Waals surface area contributed by atoms with Gasteiger partial charge in [0.15, 0.2) is 5.16 Å². The molecule has 2 aromatic carbocycles. The number of benzene rings is 2. The molecule has 6 nitrogen and oxygen atoms in total. The van der Waals surface area contributed by atoms with E-state index in [1.807, 2.05) is 58.9 Å². The zero-order valence-corrected chi connectivity index (χ0v) is 16.7. The van der Waals surface area contributed by atoms with Crippen LogP contribution in [0, 0.1) is 0 Å². The molecule has 0 fully saturated rings. The van der Waals surface area contributed by atoms with Crippen LogP contribution in [0.2, 0.25) is 0 Å². The van der Waals surface area contributed by atoms with Crippen LogP contribution in [0.15, 0.2) is 60.0 Å². The summed E-state index contributed by atoms with van der Waals surface area (Å²) in [5.74, 6) is 0.855. The zero-order chi connectivity index (χ0) is 19.5. The molecule has 2 heterocycles. The molecule has 144 valence electrons. The SMILES string of the molecule is COc1cccc(-n2cnnc2SC(C)C(=O)N2CCCc3ccccc32)c1. The molecule has 1 atom stereocenters. The lowest BCUT2D eigenvalue weighted by molar-refractivity contribution is -0.117. The van der Waals surface area contributed by atoms with Crippen LogP contribution in [0.4, 0.5) is 5.69 Å². The quantitative estimate of drug-likeness (QED) is 0.617. The van der Waals surface area contributed by atoms with E-state index in [-0.39, 0.29) is 11.2 Å². The van der Waals surface area contributed by atoms with Gasteiger partial charge in [0.05, 0.1) is 18.0 Å². The van der Waals surface area contributed by atoms with E-state index in [4.69, 9.17) is 4.74 Å². The molecule has 0 saturated carbocycles. The van der Waals surface area contributed by atoms with Crippen LogP contribution in [0.5, 0.6) is 5.75 Å². The van der Waals surface area contributed by atoms with Gasteiger partial charge in [-0.05, 0) is 43.5 Å². The summed E-state index contributed by atoms with van der Waals surface area (Å²) in [6, 6.07) is 15.8. The molecule has 0 spiro atoms. The van der Waals surface area contributed by atoms with Crippen molar-refractivity contribution in [2.75, 3.05) is 18.6 Å². The molecule has 0 N–H and O–H groups in total. The van der Waals surface area contributed by atoms with Gasteiger partial charge in [-0.15, -0.1) is 10.2 Å². The van der Waals surface area contributed by atoms with E-state index in [2.05, 4.69) is 16.3 Å². The normalized spacial score (nSPS) is 14.4. The van der Waals surface area contributed by atoms with E-state index in [9.17, 15) is 4.79 Å². The van der Waals surface area contributed by atoms with Crippen LogP contribution in [-0.4, -0.2) is 39.6 Å². The molecule has 1 aliphatic rings. The van der Waals surface area contributed by atoms with E-state index < -0.39 is 0 Å².